The minimum Gasteiger partial charge on any atom is -0.262 e. The number of halogens is 1. The summed E-state index contributed by atoms with van der Waals surface area (Å²) in [7, 11) is -4.03. The molecule has 0 bridgehead atoms. The maximum absolute atomic E-state index is 13.2. The molecule has 2 aromatic heterocycles. The minimum atomic E-state index is -4.03. The molecule has 1 aromatic carbocycles. The number of sulfonamides is 1. The van der Waals surface area contributed by atoms with Gasteiger partial charge in [-0.25, -0.2) is 9.97 Å². The molecular weight excluding hydrogens is 341 g/mol. The van der Waals surface area contributed by atoms with Crippen LogP contribution in [-0.4, -0.2) is 18.4 Å². The maximum atomic E-state index is 13.2. The topological polar surface area (TPSA) is 72.0 Å². The van der Waals surface area contributed by atoms with Gasteiger partial charge in [-0.05, 0) is 29.8 Å². The molecule has 0 aliphatic carbocycles. The lowest BCUT2D eigenvalue weighted by Crippen LogP contribution is -2.15. The molecule has 0 aliphatic rings. The molecule has 126 valence electrons. The van der Waals surface area contributed by atoms with E-state index in [0.29, 0.717) is 5.69 Å². The van der Waals surface area contributed by atoms with E-state index >= 15 is 0 Å². The molecule has 25 heavy (non-hydrogen) atoms. The van der Waals surface area contributed by atoms with Crippen LogP contribution in [0, 0.1) is 5.95 Å². The molecule has 0 unspecified atom stereocenters. The Morgan fingerprint density at radius 2 is 1.72 bits per heavy atom. The summed E-state index contributed by atoms with van der Waals surface area (Å²) in [4.78, 5) is 7.72. The Morgan fingerprint density at radius 1 is 0.960 bits per heavy atom. The van der Waals surface area contributed by atoms with Crippen molar-refractivity contribution in [1.82, 2.24) is 9.97 Å². The van der Waals surface area contributed by atoms with Gasteiger partial charge in [-0.2, -0.15) is 12.8 Å². The largest absolute Gasteiger partial charge is 0.280 e. The molecule has 5 nitrogen and oxygen atoms in total. The molecule has 0 fully saturated rings. The van der Waals surface area contributed by atoms with Crippen molar-refractivity contribution in [3.8, 4) is 11.3 Å². The van der Waals surface area contributed by atoms with Crippen LogP contribution in [0.4, 0.5) is 10.2 Å². The fourth-order valence-electron chi connectivity index (χ4n) is 2.28. The highest BCUT2D eigenvalue weighted by atomic mass is 32.2. The molecule has 0 saturated heterocycles. The first-order valence-corrected chi connectivity index (χ1v) is 8.82. The predicted molar refractivity (Wildman–Crippen MR) is 94.8 cm³/mol. The van der Waals surface area contributed by atoms with Gasteiger partial charge in [-0.1, -0.05) is 49.1 Å². The first kappa shape index (κ1) is 16.8. The van der Waals surface area contributed by atoms with Crippen molar-refractivity contribution in [2.24, 2.45) is 0 Å². The van der Waals surface area contributed by atoms with Crippen LogP contribution in [0.15, 0.2) is 72.3 Å². The van der Waals surface area contributed by atoms with Crippen LogP contribution >= 0.6 is 0 Å². The number of nitrogens with one attached hydrogen (secondary N) is 1. The second kappa shape index (κ2) is 6.82. The van der Waals surface area contributed by atoms with Crippen LogP contribution < -0.4 is 4.72 Å². The third-order valence-electron chi connectivity index (χ3n) is 3.41. The van der Waals surface area contributed by atoms with Gasteiger partial charge >= 0.3 is 0 Å². The van der Waals surface area contributed by atoms with Crippen molar-refractivity contribution >= 4 is 21.9 Å². The quantitative estimate of drug-likeness (QED) is 0.708. The zero-order valence-corrected chi connectivity index (χ0v) is 13.9. The van der Waals surface area contributed by atoms with Crippen LogP contribution in [0.1, 0.15) is 5.56 Å². The van der Waals surface area contributed by atoms with Crippen molar-refractivity contribution in [2.45, 2.75) is 5.03 Å². The Hall–Kier alpha value is -3.06. The van der Waals surface area contributed by atoms with Gasteiger partial charge in [0, 0.05) is 5.56 Å². The van der Waals surface area contributed by atoms with Gasteiger partial charge in [0.1, 0.15) is 5.82 Å². The van der Waals surface area contributed by atoms with Gasteiger partial charge in [0.2, 0.25) is 5.95 Å². The molecule has 7 heteroatoms. The summed E-state index contributed by atoms with van der Waals surface area (Å²) < 4.78 is 40.1. The molecule has 1 N–H and O–H groups in total. The SMILES string of the molecule is C=Cc1ccccc1-c1cccc(NS(=O)(=O)c2cccc(F)n2)n1. The predicted octanol–water partition coefficient (Wildman–Crippen LogP) is 3.73. The number of aromatic nitrogens is 2. The third kappa shape index (κ3) is 3.72. The fourth-order valence-corrected chi connectivity index (χ4v) is 3.24. The van der Waals surface area contributed by atoms with Gasteiger partial charge in [0.25, 0.3) is 10.0 Å². The van der Waals surface area contributed by atoms with Crippen molar-refractivity contribution in [3.63, 3.8) is 0 Å². The first-order chi connectivity index (χ1) is 12.0. The molecule has 0 radical (unpaired) electrons. The average Bonchev–Trinajstić information content (AvgIpc) is 2.61. The summed E-state index contributed by atoms with van der Waals surface area (Å²) in [5.74, 6) is -0.757. The molecule has 3 rings (SSSR count). The lowest BCUT2D eigenvalue weighted by molar-refractivity contribution is 0.558. The minimum absolute atomic E-state index is 0.113. The summed E-state index contributed by atoms with van der Waals surface area (Å²) in [6.45, 7) is 3.76. The summed E-state index contributed by atoms with van der Waals surface area (Å²) in [5.41, 5.74) is 2.28. The molecule has 0 aliphatic heterocycles. The van der Waals surface area contributed by atoms with E-state index < -0.39 is 21.0 Å². The smallest absolute Gasteiger partial charge is 0.262 e. The highest BCUT2D eigenvalue weighted by Crippen LogP contribution is 2.24. The molecule has 0 spiro atoms. The van der Waals surface area contributed by atoms with E-state index in [4.69, 9.17) is 0 Å². The number of pyridine rings is 2. The van der Waals surface area contributed by atoms with Crippen LogP contribution in [0.3, 0.4) is 0 Å². The van der Waals surface area contributed by atoms with Crippen molar-refractivity contribution < 1.29 is 12.8 Å². The molecule has 3 aromatic rings. The van der Waals surface area contributed by atoms with Crippen molar-refractivity contribution in [3.05, 3.63) is 78.8 Å². The Kier molecular flexibility index (Phi) is 4.58. The van der Waals surface area contributed by atoms with Crippen LogP contribution in [0.5, 0.6) is 0 Å². The Labute approximate surface area is 145 Å². The van der Waals surface area contributed by atoms with E-state index in [1.165, 1.54) is 18.2 Å². The van der Waals surface area contributed by atoms with Crippen molar-refractivity contribution in [1.29, 1.82) is 0 Å². The van der Waals surface area contributed by atoms with E-state index in [1.807, 2.05) is 24.3 Å². The Bertz CT molecular complexity index is 1040. The maximum Gasteiger partial charge on any atom is 0.280 e. The monoisotopic (exact) mass is 355 g/mol. The van der Waals surface area contributed by atoms with E-state index in [1.54, 1.807) is 18.2 Å². The average molecular weight is 355 g/mol. The summed E-state index contributed by atoms with van der Waals surface area (Å²) in [6.07, 6.45) is 1.70. The normalized spacial score (nSPS) is 11.1. The highest BCUT2D eigenvalue weighted by Gasteiger charge is 2.17. The standard InChI is InChI=1S/C18H14FN3O2S/c1-2-13-7-3-4-8-14(13)15-9-5-11-17(20-15)22-25(23,24)18-12-6-10-16(19)21-18/h2-12H,1H2,(H,20,22). The fraction of sp³-hybridized carbons (Fsp3) is 0. The molecule has 0 atom stereocenters. The number of hydrogen-bond acceptors (Lipinski definition) is 4. The molecular formula is C18H14FN3O2S. The van der Waals surface area contributed by atoms with Gasteiger partial charge in [-0.3, -0.25) is 4.72 Å². The second-order valence-electron chi connectivity index (χ2n) is 5.10. The first-order valence-electron chi connectivity index (χ1n) is 7.34. The molecule has 0 saturated carbocycles. The lowest BCUT2D eigenvalue weighted by Gasteiger charge is -2.09. The van der Waals surface area contributed by atoms with Gasteiger partial charge in [0.05, 0.1) is 5.69 Å². The second-order valence-corrected chi connectivity index (χ2v) is 6.73. The van der Waals surface area contributed by atoms with Crippen LogP contribution in [0.25, 0.3) is 17.3 Å². The number of nitrogens with zero attached hydrogens (tertiary/aromatic N) is 2. The molecule has 2 heterocycles. The van der Waals surface area contributed by atoms with E-state index in [0.717, 1.165) is 17.2 Å². The van der Waals surface area contributed by atoms with Crippen molar-refractivity contribution in [2.75, 3.05) is 4.72 Å². The zero-order valence-electron chi connectivity index (χ0n) is 13.1. The summed E-state index contributed by atoms with van der Waals surface area (Å²) in [5, 5.41) is -0.411. The Morgan fingerprint density at radius 3 is 2.48 bits per heavy atom. The Balaban J connectivity index is 1.96. The number of benzene rings is 1. The van der Waals surface area contributed by atoms with Crippen LogP contribution in [-0.2, 0) is 10.0 Å². The van der Waals surface area contributed by atoms with E-state index in [9.17, 15) is 12.8 Å². The number of hydrogen-bond donors (Lipinski definition) is 1. The lowest BCUT2D eigenvalue weighted by atomic mass is 10.0. The number of anilines is 1. The van der Waals surface area contributed by atoms with E-state index in [-0.39, 0.29) is 5.82 Å². The third-order valence-corrected chi connectivity index (χ3v) is 4.67. The summed E-state index contributed by atoms with van der Waals surface area (Å²) in [6, 6.07) is 16.0. The zero-order chi connectivity index (χ0) is 17.9. The highest BCUT2D eigenvalue weighted by molar-refractivity contribution is 7.92. The molecule has 0 amide bonds. The number of rotatable bonds is 5. The van der Waals surface area contributed by atoms with Gasteiger partial charge in [-0.15, -0.1) is 0 Å². The summed E-state index contributed by atoms with van der Waals surface area (Å²) >= 11 is 0. The van der Waals surface area contributed by atoms with Gasteiger partial charge < -0.3 is 0 Å². The van der Waals surface area contributed by atoms with Crippen LogP contribution in [0.2, 0.25) is 0 Å². The van der Waals surface area contributed by atoms with Gasteiger partial charge in [0.15, 0.2) is 5.03 Å². The van der Waals surface area contributed by atoms with E-state index in [2.05, 4.69) is 21.3 Å².